The first-order valence-electron chi connectivity index (χ1n) is 5.98. The largest absolute Gasteiger partial charge is 0.456 e. The van der Waals surface area contributed by atoms with Gasteiger partial charge in [0.1, 0.15) is 29.3 Å². The monoisotopic (exact) mass is 312 g/mol. The summed E-state index contributed by atoms with van der Waals surface area (Å²) >= 11 is 5.93. The zero-order valence-electron chi connectivity index (χ0n) is 10.4. The van der Waals surface area contributed by atoms with Crippen LogP contribution in [0, 0.1) is 17.5 Å². The van der Waals surface area contributed by atoms with Crippen LogP contribution in [0.15, 0.2) is 40.8 Å². The maximum atomic E-state index is 13.7. The lowest BCUT2D eigenvalue weighted by Gasteiger charge is -2.10. The van der Waals surface area contributed by atoms with Gasteiger partial charge in [-0.05, 0) is 12.1 Å². The van der Waals surface area contributed by atoms with Crippen molar-refractivity contribution in [2.75, 3.05) is 0 Å². The van der Waals surface area contributed by atoms with Crippen molar-refractivity contribution in [2.45, 2.75) is 6.10 Å². The SMILES string of the molecule is OC(c1cc2cccc(Cl)c2o1)c1c(F)cc(F)cc1F. The van der Waals surface area contributed by atoms with Gasteiger partial charge in [0.25, 0.3) is 0 Å². The summed E-state index contributed by atoms with van der Waals surface area (Å²) in [5.41, 5.74) is -0.372. The summed E-state index contributed by atoms with van der Waals surface area (Å²) in [6.07, 6.45) is -1.70. The quantitative estimate of drug-likeness (QED) is 0.751. The normalized spacial score (nSPS) is 12.8. The van der Waals surface area contributed by atoms with E-state index in [1.165, 1.54) is 6.07 Å². The molecule has 3 rings (SSSR count). The van der Waals surface area contributed by atoms with E-state index in [0.29, 0.717) is 28.1 Å². The number of hydrogen-bond donors (Lipinski definition) is 1. The molecule has 1 heterocycles. The molecule has 1 aromatic heterocycles. The van der Waals surface area contributed by atoms with E-state index in [-0.39, 0.29) is 5.76 Å². The molecular formula is C15H8ClF3O2. The van der Waals surface area contributed by atoms with E-state index in [0.717, 1.165) is 0 Å². The number of aliphatic hydroxyl groups is 1. The fourth-order valence-electron chi connectivity index (χ4n) is 2.14. The molecule has 0 bridgehead atoms. The van der Waals surface area contributed by atoms with E-state index in [1.807, 2.05) is 0 Å². The van der Waals surface area contributed by atoms with Gasteiger partial charge in [0, 0.05) is 17.5 Å². The van der Waals surface area contributed by atoms with Crippen LogP contribution in [0.25, 0.3) is 11.0 Å². The second-order valence-electron chi connectivity index (χ2n) is 4.49. The van der Waals surface area contributed by atoms with Crippen LogP contribution in [0.5, 0.6) is 0 Å². The van der Waals surface area contributed by atoms with Crippen LogP contribution in [0.3, 0.4) is 0 Å². The van der Waals surface area contributed by atoms with Crippen LogP contribution >= 0.6 is 11.6 Å². The second kappa shape index (κ2) is 5.09. The third kappa shape index (κ3) is 2.39. The van der Waals surface area contributed by atoms with Crippen molar-refractivity contribution in [1.29, 1.82) is 0 Å². The maximum Gasteiger partial charge on any atom is 0.153 e. The van der Waals surface area contributed by atoms with Crippen molar-refractivity contribution < 1.29 is 22.7 Å². The van der Waals surface area contributed by atoms with E-state index < -0.39 is 29.1 Å². The highest BCUT2D eigenvalue weighted by Crippen LogP contribution is 2.33. The summed E-state index contributed by atoms with van der Waals surface area (Å²) in [5.74, 6) is -3.52. The first kappa shape index (κ1) is 14.0. The lowest BCUT2D eigenvalue weighted by atomic mass is 10.1. The smallest absolute Gasteiger partial charge is 0.153 e. The number of rotatable bonds is 2. The third-order valence-corrected chi connectivity index (χ3v) is 3.40. The fourth-order valence-corrected chi connectivity index (χ4v) is 2.36. The zero-order valence-corrected chi connectivity index (χ0v) is 11.2. The highest BCUT2D eigenvalue weighted by Gasteiger charge is 2.24. The number of para-hydroxylation sites is 1. The molecule has 0 aliphatic carbocycles. The van der Waals surface area contributed by atoms with Gasteiger partial charge in [-0.25, -0.2) is 13.2 Å². The summed E-state index contributed by atoms with van der Waals surface area (Å²) in [4.78, 5) is 0. The van der Waals surface area contributed by atoms with E-state index in [1.54, 1.807) is 18.2 Å². The van der Waals surface area contributed by atoms with Crippen LogP contribution in [-0.2, 0) is 0 Å². The van der Waals surface area contributed by atoms with Crippen LogP contribution in [0.1, 0.15) is 17.4 Å². The first-order chi connectivity index (χ1) is 9.97. The Kier molecular flexibility index (Phi) is 3.39. The minimum absolute atomic E-state index is 0.0810. The molecule has 0 spiro atoms. The van der Waals surface area contributed by atoms with Gasteiger partial charge in [-0.15, -0.1) is 0 Å². The van der Waals surface area contributed by atoms with Crippen molar-refractivity contribution in [3.63, 3.8) is 0 Å². The Morgan fingerprint density at radius 3 is 2.33 bits per heavy atom. The molecule has 6 heteroatoms. The van der Waals surface area contributed by atoms with E-state index in [2.05, 4.69) is 0 Å². The van der Waals surface area contributed by atoms with Gasteiger partial charge in [-0.2, -0.15) is 0 Å². The van der Waals surface area contributed by atoms with Gasteiger partial charge in [0.2, 0.25) is 0 Å². The van der Waals surface area contributed by atoms with E-state index in [4.69, 9.17) is 16.0 Å². The van der Waals surface area contributed by atoms with E-state index in [9.17, 15) is 18.3 Å². The van der Waals surface area contributed by atoms with Gasteiger partial charge < -0.3 is 9.52 Å². The van der Waals surface area contributed by atoms with Crippen LogP contribution < -0.4 is 0 Å². The predicted molar refractivity (Wildman–Crippen MR) is 71.6 cm³/mol. The number of benzene rings is 2. The Bertz CT molecular complexity index is 806. The average molecular weight is 313 g/mol. The molecule has 0 amide bonds. The zero-order chi connectivity index (χ0) is 15.1. The lowest BCUT2D eigenvalue weighted by Crippen LogP contribution is -2.05. The van der Waals surface area contributed by atoms with Gasteiger partial charge in [0.15, 0.2) is 5.58 Å². The molecule has 0 aliphatic heterocycles. The van der Waals surface area contributed by atoms with Crippen molar-refractivity contribution in [2.24, 2.45) is 0 Å². The number of halogens is 4. The molecule has 21 heavy (non-hydrogen) atoms. The average Bonchev–Trinajstić information content (AvgIpc) is 2.82. The lowest BCUT2D eigenvalue weighted by molar-refractivity contribution is 0.182. The van der Waals surface area contributed by atoms with Gasteiger partial charge in [-0.3, -0.25) is 0 Å². The molecule has 1 N–H and O–H groups in total. The van der Waals surface area contributed by atoms with Crippen LogP contribution in [-0.4, -0.2) is 5.11 Å². The first-order valence-corrected chi connectivity index (χ1v) is 6.35. The molecule has 3 aromatic rings. The maximum absolute atomic E-state index is 13.7. The summed E-state index contributed by atoms with van der Waals surface area (Å²) in [6, 6.07) is 7.36. The molecule has 0 saturated carbocycles. The molecular weight excluding hydrogens is 305 g/mol. The number of furan rings is 1. The molecule has 108 valence electrons. The molecule has 1 unspecified atom stereocenters. The summed E-state index contributed by atoms with van der Waals surface area (Å²) in [6.45, 7) is 0. The number of aliphatic hydroxyl groups excluding tert-OH is 1. The fraction of sp³-hybridized carbons (Fsp3) is 0.0667. The molecule has 2 aromatic carbocycles. The molecule has 0 fully saturated rings. The van der Waals surface area contributed by atoms with Crippen molar-refractivity contribution in [1.82, 2.24) is 0 Å². The number of hydrogen-bond acceptors (Lipinski definition) is 2. The standard InChI is InChI=1S/C15H8ClF3O2/c16-9-3-1-2-7-4-12(21-15(7)9)14(20)13-10(18)5-8(17)6-11(13)19/h1-6,14,20H. The molecule has 0 aliphatic rings. The molecule has 1 atom stereocenters. The van der Waals surface area contributed by atoms with E-state index >= 15 is 0 Å². The predicted octanol–water partition coefficient (Wildman–Crippen LogP) is 4.59. The Morgan fingerprint density at radius 2 is 1.71 bits per heavy atom. The van der Waals surface area contributed by atoms with Crippen molar-refractivity contribution in [3.05, 3.63) is 70.2 Å². The van der Waals surface area contributed by atoms with Crippen LogP contribution in [0.4, 0.5) is 13.2 Å². The number of fused-ring (bicyclic) bond motifs is 1. The Labute approximate surface area is 122 Å². The minimum atomic E-state index is -1.70. The van der Waals surface area contributed by atoms with Crippen molar-refractivity contribution in [3.8, 4) is 0 Å². The third-order valence-electron chi connectivity index (χ3n) is 3.10. The van der Waals surface area contributed by atoms with Gasteiger partial charge in [-0.1, -0.05) is 23.7 Å². The molecule has 0 radical (unpaired) electrons. The molecule has 0 saturated heterocycles. The van der Waals surface area contributed by atoms with Crippen molar-refractivity contribution >= 4 is 22.6 Å². The summed E-state index contributed by atoms with van der Waals surface area (Å²) in [7, 11) is 0. The Morgan fingerprint density at radius 1 is 1.05 bits per heavy atom. The highest BCUT2D eigenvalue weighted by atomic mass is 35.5. The Balaban J connectivity index is 2.12. The minimum Gasteiger partial charge on any atom is -0.456 e. The van der Waals surface area contributed by atoms with Gasteiger partial charge in [0.05, 0.1) is 10.6 Å². The summed E-state index contributed by atoms with van der Waals surface area (Å²) < 4.78 is 45.6. The Hall–Kier alpha value is -1.98. The molecule has 2 nitrogen and oxygen atoms in total. The highest BCUT2D eigenvalue weighted by molar-refractivity contribution is 6.34. The second-order valence-corrected chi connectivity index (χ2v) is 4.90. The van der Waals surface area contributed by atoms with Gasteiger partial charge >= 0.3 is 0 Å². The van der Waals surface area contributed by atoms with Crippen LogP contribution in [0.2, 0.25) is 5.02 Å². The topological polar surface area (TPSA) is 33.4 Å². The summed E-state index contributed by atoms with van der Waals surface area (Å²) in [5, 5.41) is 11.0.